The molecular weight excluding hydrogens is 239 g/mol. The molecule has 1 heterocycles. The Morgan fingerprint density at radius 3 is 2.94 bits per heavy atom. The predicted molar refractivity (Wildman–Crippen MR) is 68.7 cm³/mol. The number of nitrogens with one attached hydrogen (secondary N) is 1. The molecule has 2 unspecified atom stereocenters. The molecule has 1 fully saturated rings. The first kappa shape index (κ1) is 12.8. The molecule has 0 radical (unpaired) electrons. The van der Waals surface area contributed by atoms with Crippen LogP contribution in [0.25, 0.3) is 0 Å². The van der Waals surface area contributed by atoms with E-state index in [0.29, 0.717) is 17.1 Å². The second-order valence-electron chi connectivity index (χ2n) is 4.82. The van der Waals surface area contributed by atoms with E-state index in [9.17, 15) is 4.39 Å². The molecular formula is C13H18ClFN2. The van der Waals surface area contributed by atoms with E-state index in [-0.39, 0.29) is 5.82 Å². The number of benzene rings is 1. The highest BCUT2D eigenvalue weighted by atomic mass is 35.5. The van der Waals surface area contributed by atoms with Crippen molar-refractivity contribution in [2.24, 2.45) is 0 Å². The standard InChI is InChI=1S/C13H18ClFN2/c1-9-7-17(10(2)6-16-9)8-11-3-4-12(15)5-13(11)14/h3-5,9-10,16H,6-8H2,1-2H3. The van der Waals surface area contributed by atoms with Gasteiger partial charge >= 0.3 is 0 Å². The molecule has 4 heteroatoms. The SMILES string of the molecule is CC1CN(Cc2ccc(F)cc2Cl)C(C)CN1. The lowest BCUT2D eigenvalue weighted by atomic mass is 10.1. The zero-order chi connectivity index (χ0) is 12.4. The van der Waals surface area contributed by atoms with Crippen molar-refractivity contribution in [2.45, 2.75) is 32.5 Å². The van der Waals surface area contributed by atoms with Crippen LogP contribution in [0.5, 0.6) is 0 Å². The molecule has 94 valence electrons. The van der Waals surface area contributed by atoms with Crippen LogP contribution in [0.2, 0.25) is 5.02 Å². The molecule has 1 saturated heterocycles. The van der Waals surface area contributed by atoms with Crippen LogP contribution in [0.4, 0.5) is 4.39 Å². The highest BCUT2D eigenvalue weighted by molar-refractivity contribution is 6.31. The molecule has 1 N–H and O–H groups in total. The third-order valence-electron chi connectivity index (χ3n) is 3.28. The Morgan fingerprint density at radius 1 is 1.47 bits per heavy atom. The van der Waals surface area contributed by atoms with Crippen molar-refractivity contribution in [3.8, 4) is 0 Å². The molecule has 0 aromatic heterocycles. The van der Waals surface area contributed by atoms with E-state index in [1.54, 1.807) is 6.07 Å². The number of rotatable bonds is 2. The number of halogens is 2. The van der Waals surface area contributed by atoms with Gasteiger partial charge in [-0.2, -0.15) is 0 Å². The van der Waals surface area contributed by atoms with Crippen LogP contribution in [-0.2, 0) is 6.54 Å². The maximum absolute atomic E-state index is 13.0. The largest absolute Gasteiger partial charge is 0.311 e. The van der Waals surface area contributed by atoms with Gasteiger partial charge in [-0.25, -0.2) is 4.39 Å². The minimum absolute atomic E-state index is 0.277. The first-order valence-electron chi connectivity index (χ1n) is 5.97. The van der Waals surface area contributed by atoms with Crippen LogP contribution in [0.15, 0.2) is 18.2 Å². The molecule has 17 heavy (non-hydrogen) atoms. The van der Waals surface area contributed by atoms with Crippen molar-refractivity contribution < 1.29 is 4.39 Å². The Morgan fingerprint density at radius 2 is 2.24 bits per heavy atom. The smallest absolute Gasteiger partial charge is 0.124 e. The molecule has 1 aromatic carbocycles. The summed E-state index contributed by atoms with van der Waals surface area (Å²) in [5.74, 6) is -0.277. The van der Waals surface area contributed by atoms with Crippen molar-refractivity contribution >= 4 is 11.6 Å². The quantitative estimate of drug-likeness (QED) is 0.875. The Hall–Kier alpha value is -0.640. The highest BCUT2D eigenvalue weighted by Gasteiger charge is 2.22. The van der Waals surface area contributed by atoms with Crippen molar-refractivity contribution in [1.82, 2.24) is 10.2 Å². The van der Waals surface area contributed by atoms with Crippen molar-refractivity contribution in [3.63, 3.8) is 0 Å². The Labute approximate surface area is 107 Å². The van der Waals surface area contributed by atoms with Crippen LogP contribution < -0.4 is 5.32 Å². The normalized spacial score (nSPS) is 26.1. The molecule has 0 bridgehead atoms. The number of nitrogens with zero attached hydrogens (tertiary/aromatic N) is 1. The number of hydrogen-bond acceptors (Lipinski definition) is 2. The van der Waals surface area contributed by atoms with Crippen molar-refractivity contribution in [3.05, 3.63) is 34.6 Å². The molecule has 2 rings (SSSR count). The van der Waals surface area contributed by atoms with Crippen molar-refractivity contribution in [1.29, 1.82) is 0 Å². The molecule has 0 amide bonds. The average Bonchev–Trinajstić information content (AvgIpc) is 2.27. The van der Waals surface area contributed by atoms with Gasteiger partial charge in [-0.3, -0.25) is 4.90 Å². The minimum Gasteiger partial charge on any atom is -0.311 e. The van der Waals surface area contributed by atoms with E-state index in [1.807, 2.05) is 0 Å². The lowest BCUT2D eigenvalue weighted by molar-refractivity contribution is 0.139. The summed E-state index contributed by atoms with van der Waals surface area (Å²) in [6.45, 7) is 7.13. The molecule has 2 nitrogen and oxygen atoms in total. The van der Waals surface area contributed by atoms with E-state index >= 15 is 0 Å². The molecule has 0 spiro atoms. The molecule has 1 aliphatic rings. The van der Waals surface area contributed by atoms with Gasteiger partial charge < -0.3 is 5.32 Å². The Balaban J connectivity index is 2.08. The van der Waals surface area contributed by atoms with E-state index in [1.165, 1.54) is 12.1 Å². The highest BCUT2D eigenvalue weighted by Crippen LogP contribution is 2.21. The van der Waals surface area contributed by atoms with E-state index in [0.717, 1.165) is 25.2 Å². The van der Waals surface area contributed by atoms with Crippen LogP contribution >= 0.6 is 11.6 Å². The molecule has 1 aliphatic heterocycles. The van der Waals surface area contributed by atoms with Gasteiger partial charge in [0.25, 0.3) is 0 Å². The van der Waals surface area contributed by atoms with Gasteiger partial charge in [-0.05, 0) is 31.5 Å². The molecule has 0 aliphatic carbocycles. The van der Waals surface area contributed by atoms with Gasteiger partial charge in [-0.15, -0.1) is 0 Å². The summed E-state index contributed by atoms with van der Waals surface area (Å²) in [5, 5.41) is 3.95. The second-order valence-corrected chi connectivity index (χ2v) is 5.23. The summed E-state index contributed by atoms with van der Waals surface area (Å²) < 4.78 is 13.0. The predicted octanol–water partition coefficient (Wildman–Crippen LogP) is 2.66. The minimum atomic E-state index is -0.277. The maximum atomic E-state index is 13.0. The summed E-state index contributed by atoms with van der Waals surface area (Å²) >= 11 is 6.05. The van der Waals surface area contributed by atoms with E-state index < -0.39 is 0 Å². The molecule has 2 atom stereocenters. The summed E-state index contributed by atoms with van der Waals surface area (Å²) in [5.41, 5.74) is 0.994. The van der Waals surface area contributed by atoms with Crippen LogP contribution in [0, 0.1) is 5.82 Å². The summed E-state index contributed by atoms with van der Waals surface area (Å²) in [7, 11) is 0. The topological polar surface area (TPSA) is 15.3 Å². The fourth-order valence-electron chi connectivity index (χ4n) is 2.19. The van der Waals surface area contributed by atoms with Crippen LogP contribution in [0.3, 0.4) is 0 Å². The second kappa shape index (κ2) is 5.34. The van der Waals surface area contributed by atoms with Crippen molar-refractivity contribution in [2.75, 3.05) is 13.1 Å². The Kier molecular flexibility index (Phi) is 4.02. The van der Waals surface area contributed by atoms with Gasteiger partial charge in [0.1, 0.15) is 5.82 Å². The summed E-state index contributed by atoms with van der Waals surface area (Å²) in [6, 6.07) is 5.60. The fraction of sp³-hybridized carbons (Fsp3) is 0.538. The van der Waals surface area contributed by atoms with E-state index in [2.05, 4.69) is 24.1 Å². The lowest BCUT2D eigenvalue weighted by Crippen LogP contribution is -2.53. The molecule has 1 aromatic rings. The van der Waals surface area contributed by atoms with Gasteiger partial charge in [-0.1, -0.05) is 17.7 Å². The molecule has 0 saturated carbocycles. The Bertz CT molecular complexity index is 397. The number of hydrogen-bond donors (Lipinski definition) is 1. The van der Waals surface area contributed by atoms with E-state index in [4.69, 9.17) is 11.6 Å². The van der Waals surface area contributed by atoms with Crippen LogP contribution in [0.1, 0.15) is 19.4 Å². The third-order valence-corrected chi connectivity index (χ3v) is 3.63. The third kappa shape index (κ3) is 3.18. The monoisotopic (exact) mass is 256 g/mol. The van der Waals surface area contributed by atoms with Gasteiger partial charge in [0, 0.05) is 36.7 Å². The number of piperazine rings is 1. The fourth-order valence-corrected chi connectivity index (χ4v) is 2.41. The van der Waals surface area contributed by atoms with Gasteiger partial charge in [0.05, 0.1) is 0 Å². The zero-order valence-corrected chi connectivity index (χ0v) is 11.0. The summed E-state index contributed by atoms with van der Waals surface area (Å²) in [4.78, 5) is 2.38. The zero-order valence-electron chi connectivity index (χ0n) is 10.2. The average molecular weight is 257 g/mol. The summed E-state index contributed by atoms with van der Waals surface area (Å²) in [6.07, 6.45) is 0. The van der Waals surface area contributed by atoms with Gasteiger partial charge in [0.15, 0.2) is 0 Å². The lowest BCUT2D eigenvalue weighted by Gasteiger charge is -2.37. The first-order chi connectivity index (χ1) is 8.06. The first-order valence-corrected chi connectivity index (χ1v) is 6.35. The maximum Gasteiger partial charge on any atom is 0.124 e. The van der Waals surface area contributed by atoms with Crippen LogP contribution in [-0.4, -0.2) is 30.1 Å². The van der Waals surface area contributed by atoms with Gasteiger partial charge in [0.2, 0.25) is 0 Å².